The van der Waals surface area contributed by atoms with Crippen molar-refractivity contribution in [2.75, 3.05) is 49.5 Å². The van der Waals surface area contributed by atoms with Gasteiger partial charge in [-0.1, -0.05) is 33.5 Å². The number of halogens is 1. The second-order valence-corrected chi connectivity index (χ2v) is 13.4. The molecule has 3 fully saturated rings. The summed E-state index contributed by atoms with van der Waals surface area (Å²) < 4.78 is 20.3. The number of pyridine rings is 1. The Morgan fingerprint density at radius 2 is 1.69 bits per heavy atom. The van der Waals surface area contributed by atoms with E-state index in [-0.39, 0.29) is 24.1 Å². The van der Waals surface area contributed by atoms with Gasteiger partial charge in [0.05, 0.1) is 12.2 Å². The maximum Gasteiger partial charge on any atom is 0.410 e. The molecule has 210 valence electrons. The van der Waals surface area contributed by atoms with Crippen LogP contribution in [0.3, 0.4) is 0 Å². The molecule has 1 spiro atoms. The summed E-state index contributed by atoms with van der Waals surface area (Å²) in [6.07, 6.45) is 3.51. The van der Waals surface area contributed by atoms with E-state index in [0.717, 1.165) is 29.5 Å². The molecule has 3 amide bonds. The van der Waals surface area contributed by atoms with Crippen molar-refractivity contribution in [3.8, 4) is 11.1 Å². The summed E-state index contributed by atoms with van der Waals surface area (Å²) in [5, 5.41) is 1.78. The number of benzene rings is 1. The highest BCUT2D eigenvalue weighted by molar-refractivity contribution is 7.18. The molecule has 1 N–H and O–H groups in total. The second-order valence-electron chi connectivity index (χ2n) is 12.3. The molecule has 0 aliphatic carbocycles. The first kappa shape index (κ1) is 27.6. The van der Waals surface area contributed by atoms with Crippen LogP contribution in [-0.4, -0.2) is 77.2 Å². The van der Waals surface area contributed by atoms with Gasteiger partial charge in [0.25, 0.3) is 0 Å². The quantitative estimate of drug-likeness (QED) is 0.494. The number of likely N-dealkylation sites (tertiary alicyclic amines) is 2. The highest BCUT2D eigenvalue weighted by Gasteiger charge is 2.48. The van der Waals surface area contributed by atoms with E-state index in [1.165, 1.54) is 0 Å². The molecule has 0 radical (unpaired) electrons. The lowest BCUT2D eigenvalue weighted by molar-refractivity contribution is -0.0300. The molecule has 3 aliphatic rings. The Bertz CT molecular complexity index is 1250. The van der Waals surface area contributed by atoms with E-state index >= 15 is 0 Å². The molecule has 4 heterocycles. The number of piperidine rings is 1. The molecule has 10 heteroatoms. The van der Waals surface area contributed by atoms with E-state index in [1.54, 1.807) is 11.1 Å². The van der Waals surface area contributed by atoms with Gasteiger partial charge in [0, 0.05) is 56.3 Å². The topological polar surface area (TPSA) is 78.0 Å². The molecule has 0 saturated carbocycles. The Morgan fingerprint density at radius 1 is 1.00 bits per heavy atom. The molecule has 5 rings (SSSR count). The van der Waals surface area contributed by atoms with Gasteiger partial charge in [-0.3, -0.25) is 0 Å². The zero-order chi connectivity index (χ0) is 28.0. The van der Waals surface area contributed by atoms with Gasteiger partial charge in [-0.2, -0.15) is 0 Å². The highest BCUT2D eigenvalue weighted by Crippen LogP contribution is 2.43. The molecule has 39 heavy (non-hydrogen) atoms. The fourth-order valence-corrected chi connectivity index (χ4v) is 6.14. The number of rotatable bonds is 3. The van der Waals surface area contributed by atoms with Crippen LogP contribution in [0.2, 0.25) is 0 Å². The Hall–Kier alpha value is -2.93. The van der Waals surface area contributed by atoms with Crippen LogP contribution in [0, 0.1) is 12.3 Å². The Kier molecular flexibility index (Phi) is 7.25. The largest absolute Gasteiger partial charge is 0.444 e. The van der Waals surface area contributed by atoms with Crippen LogP contribution in [0.4, 0.5) is 25.5 Å². The second kappa shape index (κ2) is 10.2. The van der Waals surface area contributed by atoms with E-state index in [2.05, 4.69) is 19.5 Å². The smallest absolute Gasteiger partial charge is 0.410 e. The summed E-state index contributed by atoms with van der Waals surface area (Å²) >= 11 is 0. The van der Waals surface area contributed by atoms with Crippen LogP contribution in [0.15, 0.2) is 36.5 Å². The molecule has 8 nitrogen and oxygen atoms in total. The van der Waals surface area contributed by atoms with Crippen molar-refractivity contribution in [1.82, 2.24) is 14.8 Å². The normalized spacial score (nSPS) is 22.6. The number of hydrogen-bond donors (Lipinski definition) is 1. The van der Waals surface area contributed by atoms with E-state index in [4.69, 9.17) is 4.74 Å². The number of anilines is 2. The number of alkyl halides is 1. The fourth-order valence-electron chi connectivity index (χ4n) is 5.79. The number of aromatic nitrogens is 1. The first-order valence-corrected chi connectivity index (χ1v) is 14.2. The highest BCUT2D eigenvalue weighted by atomic mass is 31.0. The van der Waals surface area contributed by atoms with Crippen LogP contribution in [0.1, 0.15) is 45.6 Å². The van der Waals surface area contributed by atoms with Crippen LogP contribution < -0.4 is 10.2 Å². The number of carbonyl (C=O) groups excluding carboxylic acids is 2. The van der Waals surface area contributed by atoms with Gasteiger partial charge in [-0.15, -0.1) is 0 Å². The molecule has 3 aliphatic heterocycles. The lowest BCUT2D eigenvalue weighted by Gasteiger charge is -2.53. The van der Waals surface area contributed by atoms with Crippen LogP contribution >= 0.6 is 9.24 Å². The number of hydrogen-bond acceptors (Lipinski definition) is 5. The van der Waals surface area contributed by atoms with E-state index in [9.17, 15) is 14.0 Å². The standard InChI is InChI=1S/C29H39FN5O3P/c1-20-7-5-6-8-21(20)22-9-13-31-24(34-16-12-29(30,39)19-34)23(22)32-25(36)35-17-28(18-35)10-14-33(15-11-28)26(37)38-27(2,3)4/h5-9,13H,10-12,14-19,39H2,1-4H3,(H,32,36). The fraction of sp³-hybridized carbons (Fsp3) is 0.552. The summed E-state index contributed by atoms with van der Waals surface area (Å²) in [5.41, 5.74) is 3.07. The molecule has 2 atom stereocenters. The van der Waals surface area contributed by atoms with Crippen molar-refractivity contribution in [1.29, 1.82) is 0 Å². The molecular weight excluding hydrogens is 516 g/mol. The molecule has 3 saturated heterocycles. The lowest BCUT2D eigenvalue weighted by atomic mass is 9.72. The van der Waals surface area contributed by atoms with Crippen molar-refractivity contribution < 1.29 is 18.7 Å². The monoisotopic (exact) mass is 555 g/mol. The molecule has 1 aromatic heterocycles. The zero-order valence-corrected chi connectivity index (χ0v) is 24.5. The third-order valence-corrected chi connectivity index (χ3v) is 8.44. The SMILES string of the molecule is Cc1ccccc1-c1ccnc(N2CCC(F)(P)C2)c1NC(=O)N1CC2(CCN(C(=O)OC(C)(C)C)CC2)C1. The minimum absolute atomic E-state index is 0.0225. The van der Waals surface area contributed by atoms with Crippen LogP contribution in [0.5, 0.6) is 0 Å². The number of nitrogens with zero attached hydrogens (tertiary/aromatic N) is 4. The first-order valence-electron chi connectivity index (χ1n) is 13.7. The average molecular weight is 556 g/mol. The van der Waals surface area contributed by atoms with Crippen molar-refractivity contribution in [3.63, 3.8) is 0 Å². The third kappa shape index (κ3) is 5.98. The van der Waals surface area contributed by atoms with Gasteiger partial charge in [-0.05, 0) is 57.7 Å². The predicted octanol–water partition coefficient (Wildman–Crippen LogP) is 5.67. The average Bonchev–Trinajstić information content (AvgIpc) is 3.21. The minimum Gasteiger partial charge on any atom is -0.444 e. The van der Waals surface area contributed by atoms with Crippen molar-refractivity contribution in [2.45, 2.75) is 58.0 Å². The van der Waals surface area contributed by atoms with Gasteiger partial charge in [0.2, 0.25) is 0 Å². The predicted molar refractivity (Wildman–Crippen MR) is 155 cm³/mol. The van der Waals surface area contributed by atoms with Crippen molar-refractivity contribution in [3.05, 3.63) is 42.1 Å². The Balaban J connectivity index is 1.30. The summed E-state index contributed by atoms with van der Waals surface area (Å²) in [7, 11) is 2.31. The molecule has 2 aromatic rings. The molecule has 1 aromatic carbocycles. The number of ether oxygens (including phenoxy) is 1. The number of amides is 3. The van der Waals surface area contributed by atoms with Gasteiger partial charge in [0.1, 0.15) is 11.0 Å². The number of urea groups is 1. The van der Waals surface area contributed by atoms with Crippen molar-refractivity contribution in [2.24, 2.45) is 5.41 Å². The molecular formula is C29H39FN5O3P. The molecule has 0 bridgehead atoms. The van der Waals surface area contributed by atoms with Crippen molar-refractivity contribution >= 4 is 32.9 Å². The Morgan fingerprint density at radius 3 is 2.31 bits per heavy atom. The maximum absolute atomic E-state index is 14.7. The Labute approximate surface area is 232 Å². The van der Waals surface area contributed by atoms with Crippen LogP contribution in [-0.2, 0) is 4.74 Å². The minimum atomic E-state index is -1.38. The van der Waals surface area contributed by atoms with E-state index in [1.807, 2.05) is 67.8 Å². The number of nitrogens with one attached hydrogen (secondary N) is 1. The lowest BCUT2D eigenvalue weighted by Crippen LogP contribution is -2.63. The number of carbonyl (C=O) groups is 2. The van der Waals surface area contributed by atoms with Gasteiger partial charge in [-0.25, -0.2) is 19.0 Å². The maximum atomic E-state index is 14.7. The summed E-state index contributed by atoms with van der Waals surface area (Å²) in [4.78, 5) is 36.1. The molecule has 2 unspecified atom stereocenters. The summed E-state index contributed by atoms with van der Waals surface area (Å²) in [6, 6.07) is 9.75. The van der Waals surface area contributed by atoms with Gasteiger partial charge in [0.15, 0.2) is 5.82 Å². The van der Waals surface area contributed by atoms with E-state index in [0.29, 0.717) is 50.6 Å². The van der Waals surface area contributed by atoms with E-state index < -0.39 is 11.0 Å². The van der Waals surface area contributed by atoms with Gasteiger partial charge >= 0.3 is 12.1 Å². The zero-order valence-electron chi connectivity index (χ0n) is 23.3. The number of aryl methyl sites for hydroxylation is 1. The summed E-state index contributed by atoms with van der Waals surface area (Å²) in [6.45, 7) is 10.9. The van der Waals surface area contributed by atoms with Gasteiger partial charge < -0.3 is 24.8 Å². The third-order valence-electron chi connectivity index (χ3n) is 7.96. The van der Waals surface area contributed by atoms with Crippen LogP contribution in [0.25, 0.3) is 11.1 Å². The first-order chi connectivity index (χ1) is 18.3. The summed E-state index contributed by atoms with van der Waals surface area (Å²) in [5.74, 6) is 0.590.